The molecule has 0 radical (unpaired) electrons. The van der Waals surface area contributed by atoms with Crippen molar-refractivity contribution in [2.75, 3.05) is 36.1 Å². The summed E-state index contributed by atoms with van der Waals surface area (Å²) in [7, 11) is 0. The van der Waals surface area contributed by atoms with Gasteiger partial charge in [0.05, 0.1) is 18.1 Å². The third-order valence-corrected chi connectivity index (χ3v) is 6.75. The standard InChI is InChI=1S/C29H36N6O5S/c1-28(2,3)39-26(37)32-35(21-10-7-9-20(17-21)23-11-8-16-41-23)25(36)22-18-31-24(19-30-22)33-12-14-34(15-13-33)27(38)40-29(4,5)6/h7-11,16-19H,12-15H2,1-6H3,(H,32,37). The second-order valence-electron chi connectivity index (χ2n) is 11.5. The van der Waals surface area contributed by atoms with E-state index in [1.165, 1.54) is 12.4 Å². The summed E-state index contributed by atoms with van der Waals surface area (Å²) in [6.45, 7) is 12.8. The molecule has 12 heteroatoms. The average molecular weight is 581 g/mol. The molecule has 218 valence electrons. The minimum Gasteiger partial charge on any atom is -0.444 e. The molecule has 0 aliphatic carbocycles. The van der Waals surface area contributed by atoms with Gasteiger partial charge in [-0.15, -0.1) is 11.3 Å². The number of rotatable bonds is 4. The average Bonchev–Trinajstić information content (AvgIpc) is 3.45. The smallest absolute Gasteiger partial charge is 0.427 e. The molecule has 0 bridgehead atoms. The summed E-state index contributed by atoms with van der Waals surface area (Å²) in [6.07, 6.45) is 1.78. The van der Waals surface area contributed by atoms with Crippen molar-refractivity contribution in [3.8, 4) is 10.4 Å². The number of piperazine rings is 1. The summed E-state index contributed by atoms with van der Waals surface area (Å²) >= 11 is 1.57. The quantitative estimate of drug-likeness (QED) is 0.411. The van der Waals surface area contributed by atoms with Crippen LogP contribution in [0.1, 0.15) is 52.0 Å². The first kappa shape index (κ1) is 29.8. The monoisotopic (exact) mass is 580 g/mol. The minimum absolute atomic E-state index is 0.0405. The van der Waals surface area contributed by atoms with Crippen molar-refractivity contribution in [3.05, 3.63) is 59.9 Å². The lowest BCUT2D eigenvalue weighted by Gasteiger charge is -2.36. The number of carbonyl (C=O) groups excluding carboxylic acids is 3. The third kappa shape index (κ3) is 8.16. The molecule has 4 rings (SSSR count). The molecule has 1 aromatic carbocycles. The zero-order chi connectivity index (χ0) is 29.8. The molecule has 11 nitrogen and oxygen atoms in total. The van der Waals surface area contributed by atoms with Gasteiger partial charge in [0.25, 0.3) is 5.91 Å². The van der Waals surface area contributed by atoms with E-state index in [2.05, 4.69) is 15.4 Å². The Kier molecular flexibility index (Phi) is 8.81. The molecule has 3 heterocycles. The van der Waals surface area contributed by atoms with Crippen LogP contribution in [-0.4, -0.2) is 70.3 Å². The molecule has 1 aliphatic heterocycles. The Bertz CT molecular complexity index is 1360. The van der Waals surface area contributed by atoms with Crippen molar-refractivity contribution in [1.82, 2.24) is 20.3 Å². The van der Waals surface area contributed by atoms with Crippen LogP contribution in [0.4, 0.5) is 21.1 Å². The highest BCUT2D eigenvalue weighted by Gasteiger charge is 2.28. The minimum atomic E-state index is -0.778. The number of hydrogen-bond donors (Lipinski definition) is 1. The molecular formula is C29H36N6O5S. The van der Waals surface area contributed by atoms with Gasteiger partial charge in [0.2, 0.25) is 0 Å². The Hall–Kier alpha value is -4.19. The zero-order valence-electron chi connectivity index (χ0n) is 24.2. The van der Waals surface area contributed by atoms with Crippen molar-refractivity contribution in [3.63, 3.8) is 0 Å². The van der Waals surface area contributed by atoms with E-state index in [9.17, 15) is 14.4 Å². The second-order valence-corrected chi connectivity index (χ2v) is 12.4. The first-order valence-corrected chi connectivity index (χ1v) is 14.2. The molecule has 0 atom stereocenters. The summed E-state index contributed by atoms with van der Waals surface area (Å²) in [5.41, 5.74) is 2.63. The fourth-order valence-corrected chi connectivity index (χ4v) is 4.74. The van der Waals surface area contributed by atoms with Gasteiger partial charge in [0.15, 0.2) is 0 Å². The Morgan fingerprint density at radius 3 is 2.20 bits per heavy atom. The van der Waals surface area contributed by atoms with E-state index in [4.69, 9.17) is 9.47 Å². The predicted octanol–water partition coefficient (Wildman–Crippen LogP) is 5.35. The molecule has 1 saturated heterocycles. The number of amides is 3. The normalized spacial score (nSPS) is 13.9. The zero-order valence-corrected chi connectivity index (χ0v) is 25.0. The van der Waals surface area contributed by atoms with E-state index in [0.717, 1.165) is 15.4 Å². The van der Waals surface area contributed by atoms with E-state index in [1.54, 1.807) is 43.1 Å². The van der Waals surface area contributed by atoms with Gasteiger partial charge in [0.1, 0.15) is 22.7 Å². The number of nitrogens with zero attached hydrogens (tertiary/aromatic N) is 5. The first-order valence-electron chi connectivity index (χ1n) is 13.3. The van der Waals surface area contributed by atoms with Gasteiger partial charge in [-0.1, -0.05) is 18.2 Å². The Morgan fingerprint density at radius 1 is 0.902 bits per heavy atom. The molecule has 0 saturated carbocycles. The summed E-state index contributed by atoms with van der Waals surface area (Å²) in [5, 5.41) is 3.09. The van der Waals surface area contributed by atoms with Crippen molar-refractivity contribution in [2.45, 2.75) is 52.7 Å². The Morgan fingerprint density at radius 2 is 1.61 bits per heavy atom. The van der Waals surface area contributed by atoms with Gasteiger partial charge in [-0.05, 0) is 70.7 Å². The number of benzene rings is 1. The fourth-order valence-electron chi connectivity index (χ4n) is 4.02. The van der Waals surface area contributed by atoms with E-state index < -0.39 is 23.2 Å². The molecular weight excluding hydrogens is 544 g/mol. The SMILES string of the molecule is CC(C)(C)OC(=O)NN(C(=O)c1cnc(N2CCN(C(=O)OC(C)(C)C)CC2)cn1)c1cccc(-c2cccs2)c1. The molecule has 1 fully saturated rings. The van der Waals surface area contributed by atoms with E-state index >= 15 is 0 Å². The van der Waals surface area contributed by atoms with Crippen LogP contribution < -0.4 is 15.3 Å². The molecule has 2 aromatic heterocycles. The maximum atomic E-state index is 13.6. The first-order chi connectivity index (χ1) is 19.3. The summed E-state index contributed by atoms with van der Waals surface area (Å²) in [6, 6.07) is 11.2. The molecule has 0 unspecified atom stereocenters. The van der Waals surface area contributed by atoms with Crippen LogP contribution in [0, 0.1) is 0 Å². The number of hydrazine groups is 1. The summed E-state index contributed by atoms with van der Waals surface area (Å²) in [4.78, 5) is 52.2. The van der Waals surface area contributed by atoms with E-state index in [-0.39, 0.29) is 11.8 Å². The van der Waals surface area contributed by atoms with Gasteiger partial charge in [-0.25, -0.2) is 30.0 Å². The van der Waals surface area contributed by atoms with Crippen molar-refractivity contribution >= 4 is 40.9 Å². The van der Waals surface area contributed by atoms with Crippen LogP contribution in [0.25, 0.3) is 10.4 Å². The summed E-state index contributed by atoms with van der Waals surface area (Å²) < 4.78 is 10.9. The van der Waals surface area contributed by atoms with Crippen molar-refractivity contribution in [1.29, 1.82) is 0 Å². The number of ether oxygens (including phenoxy) is 2. The van der Waals surface area contributed by atoms with Crippen molar-refractivity contribution in [2.24, 2.45) is 0 Å². The number of thiophene rings is 1. The lowest BCUT2D eigenvalue weighted by atomic mass is 10.1. The number of aromatic nitrogens is 2. The molecule has 1 aliphatic rings. The number of hydrogen-bond acceptors (Lipinski definition) is 9. The highest BCUT2D eigenvalue weighted by Crippen LogP contribution is 2.28. The lowest BCUT2D eigenvalue weighted by Crippen LogP contribution is -2.50. The molecule has 3 amide bonds. The number of anilines is 2. The van der Waals surface area contributed by atoms with Gasteiger partial charge >= 0.3 is 12.2 Å². The van der Waals surface area contributed by atoms with Crippen LogP contribution in [0.2, 0.25) is 0 Å². The van der Waals surface area contributed by atoms with Crippen LogP contribution in [0.3, 0.4) is 0 Å². The van der Waals surface area contributed by atoms with Crippen LogP contribution in [0.15, 0.2) is 54.2 Å². The fraction of sp³-hybridized carbons (Fsp3) is 0.414. The maximum Gasteiger partial charge on any atom is 0.427 e. The lowest BCUT2D eigenvalue weighted by molar-refractivity contribution is 0.0240. The van der Waals surface area contributed by atoms with Gasteiger partial charge in [0, 0.05) is 31.1 Å². The van der Waals surface area contributed by atoms with Gasteiger partial charge < -0.3 is 19.3 Å². The van der Waals surface area contributed by atoms with Gasteiger partial charge in [-0.3, -0.25) is 4.79 Å². The molecule has 1 N–H and O–H groups in total. The van der Waals surface area contributed by atoms with Crippen LogP contribution >= 0.6 is 11.3 Å². The molecule has 41 heavy (non-hydrogen) atoms. The maximum absolute atomic E-state index is 13.6. The highest BCUT2D eigenvalue weighted by molar-refractivity contribution is 7.13. The molecule has 3 aromatic rings. The third-order valence-electron chi connectivity index (χ3n) is 5.83. The van der Waals surface area contributed by atoms with Gasteiger partial charge in [-0.2, -0.15) is 0 Å². The number of carbonyl (C=O) groups is 3. The molecule has 0 spiro atoms. The topological polar surface area (TPSA) is 117 Å². The Labute approximate surface area is 244 Å². The van der Waals surface area contributed by atoms with E-state index in [0.29, 0.717) is 37.7 Å². The largest absolute Gasteiger partial charge is 0.444 e. The van der Waals surface area contributed by atoms with E-state index in [1.807, 2.05) is 61.4 Å². The second kappa shape index (κ2) is 12.1. The van der Waals surface area contributed by atoms with Crippen LogP contribution in [0.5, 0.6) is 0 Å². The van der Waals surface area contributed by atoms with Crippen LogP contribution in [-0.2, 0) is 9.47 Å². The number of nitrogens with one attached hydrogen (secondary N) is 1. The van der Waals surface area contributed by atoms with Crippen molar-refractivity contribution < 1.29 is 23.9 Å². The highest BCUT2D eigenvalue weighted by atomic mass is 32.1. The summed E-state index contributed by atoms with van der Waals surface area (Å²) in [5.74, 6) is 0.00437. The predicted molar refractivity (Wildman–Crippen MR) is 158 cm³/mol. The Balaban J connectivity index is 1.50.